The lowest BCUT2D eigenvalue weighted by molar-refractivity contribution is 0.0939. The number of fused-ring (bicyclic) bond motifs is 1. The first-order valence-electron chi connectivity index (χ1n) is 7.62. The van der Waals surface area contributed by atoms with Crippen LogP contribution in [0, 0.1) is 0 Å². The highest BCUT2D eigenvalue weighted by molar-refractivity contribution is 6.32. The zero-order chi connectivity index (χ0) is 17.1. The molecule has 0 bridgehead atoms. The highest BCUT2D eigenvalue weighted by atomic mass is 35.5. The van der Waals surface area contributed by atoms with Crippen molar-refractivity contribution in [3.63, 3.8) is 0 Å². The van der Waals surface area contributed by atoms with E-state index >= 15 is 0 Å². The summed E-state index contributed by atoms with van der Waals surface area (Å²) in [6.45, 7) is 2.99. The molecule has 2 aromatic rings. The van der Waals surface area contributed by atoms with Crippen LogP contribution in [0.2, 0.25) is 5.02 Å². The van der Waals surface area contributed by atoms with E-state index in [0.717, 1.165) is 11.3 Å². The first kappa shape index (κ1) is 16.5. The van der Waals surface area contributed by atoms with Crippen molar-refractivity contribution in [1.82, 2.24) is 5.32 Å². The fraction of sp³-hybridized carbons (Fsp3) is 0.278. The molecule has 126 valence electrons. The molecule has 0 saturated carbocycles. The minimum atomic E-state index is -0.207. The number of methoxy groups -OCH3 is 1. The third-order valence-corrected chi connectivity index (χ3v) is 4.12. The van der Waals surface area contributed by atoms with Crippen molar-refractivity contribution in [1.29, 1.82) is 0 Å². The molecule has 6 heteroatoms. The molecular formula is C18H18ClNO4. The van der Waals surface area contributed by atoms with Crippen LogP contribution in [0.5, 0.6) is 17.2 Å². The SMILES string of the molecule is COc1ccc(C(=O)N[C@H](C)c2ccc3c(c2)OCCO3)cc1Cl. The van der Waals surface area contributed by atoms with Gasteiger partial charge in [0.1, 0.15) is 19.0 Å². The lowest BCUT2D eigenvalue weighted by Gasteiger charge is -2.21. The summed E-state index contributed by atoms with van der Waals surface area (Å²) in [4.78, 5) is 12.4. The van der Waals surface area contributed by atoms with Crippen molar-refractivity contribution in [2.45, 2.75) is 13.0 Å². The van der Waals surface area contributed by atoms with Crippen molar-refractivity contribution in [2.75, 3.05) is 20.3 Å². The monoisotopic (exact) mass is 347 g/mol. The van der Waals surface area contributed by atoms with Crippen molar-refractivity contribution in [3.8, 4) is 17.2 Å². The Balaban J connectivity index is 1.73. The van der Waals surface area contributed by atoms with Gasteiger partial charge in [-0.3, -0.25) is 4.79 Å². The number of amides is 1. The number of hydrogen-bond acceptors (Lipinski definition) is 4. The summed E-state index contributed by atoms with van der Waals surface area (Å²) in [5.74, 6) is 1.76. The molecule has 0 fully saturated rings. The van der Waals surface area contributed by atoms with E-state index in [9.17, 15) is 4.79 Å². The molecular weight excluding hydrogens is 330 g/mol. The average molecular weight is 348 g/mol. The van der Waals surface area contributed by atoms with Crippen LogP contribution in [-0.2, 0) is 0 Å². The molecule has 1 heterocycles. The fourth-order valence-electron chi connectivity index (χ4n) is 2.50. The molecule has 0 spiro atoms. The zero-order valence-corrected chi connectivity index (χ0v) is 14.2. The Labute approximate surface area is 145 Å². The number of halogens is 1. The van der Waals surface area contributed by atoms with Gasteiger partial charge >= 0.3 is 0 Å². The lowest BCUT2D eigenvalue weighted by Crippen LogP contribution is -2.26. The van der Waals surface area contributed by atoms with Gasteiger partial charge in [-0.15, -0.1) is 0 Å². The van der Waals surface area contributed by atoms with Crippen molar-refractivity contribution in [2.24, 2.45) is 0 Å². The molecule has 2 aromatic carbocycles. The van der Waals surface area contributed by atoms with Gasteiger partial charge in [-0.25, -0.2) is 0 Å². The van der Waals surface area contributed by atoms with Crippen LogP contribution in [0.3, 0.4) is 0 Å². The third-order valence-electron chi connectivity index (χ3n) is 3.83. The molecule has 1 amide bonds. The van der Waals surface area contributed by atoms with E-state index in [2.05, 4.69) is 5.32 Å². The molecule has 1 aliphatic rings. The summed E-state index contributed by atoms with van der Waals surface area (Å²) >= 11 is 6.07. The van der Waals surface area contributed by atoms with Crippen LogP contribution in [0.15, 0.2) is 36.4 Å². The third kappa shape index (κ3) is 3.41. The van der Waals surface area contributed by atoms with E-state index in [1.165, 1.54) is 7.11 Å². The topological polar surface area (TPSA) is 56.8 Å². The maximum atomic E-state index is 12.4. The Morgan fingerprint density at radius 3 is 2.62 bits per heavy atom. The first-order valence-corrected chi connectivity index (χ1v) is 8.00. The summed E-state index contributed by atoms with van der Waals surface area (Å²) in [5, 5.41) is 3.35. The standard InChI is InChI=1S/C18H18ClNO4/c1-11(12-3-6-16-17(10-12)24-8-7-23-16)20-18(21)13-4-5-15(22-2)14(19)9-13/h3-6,9-11H,7-8H2,1-2H3,(H,20,21)/t11-/m1/s1. The minimum absolute atomic E-state index is 0.186. The van der Waals surface area contributed by atoms with Crippen molar-refractivity contribution in [3.05, 3.63) is 52.5 Å². The second-order valence-corrected chi connectivity index (χ2v) is 5.85. The van der Waals surface area contributed by atoms with Crippen LogP contribution in [0.25, 0.3) is 0 Å². The normalized spacial score (nSPS) is 14.0. The number of carbonyl (C=O) groups is 1. The van der Waals surface area contributed by atoms with Crippen molar-refractivity contribution < 1.29 is 19.0 Å². The lowest BCUT2D eigenvalue weighted by atomic mass is 10.1. The van der Waals surface area contributed by atoms with Crippen molar-refractivity contribution >= 4 is 17.5 Å². The second-order valence-electron chi connectivity index (χ2n) is 5.45. The van der Waals surface area contributed by atoms with E-state index in [4.69, 9.17) is 25.8 Å². The number of benzene rings is 2. The van der Waals surface area contributed by atoms with Gasteiger partial charge in [0.05, 0.1) is 18.2 Å². The predicted molar refractivity (Wildman–Crippen MR) is 91.3 cm³/mol. The zero-order valence-electron chi connectivity index (χ0n) is 13.5. The summed E-state index contributed by atoms with van der Waals surface area (Å²) in [6, 6.07) is 10.4. The van der Waals surface area contributed by atoms with Crippen LogP contribution in [-0.4, -0.2) is 26.2 Å². The van der Waals surface area contributed by atoms with E-state index in [1.54, 1.807) is 18.2 Å². The number of rotatable bonds is 4. The number of hydrogen-bond donors (Lipinski definition) is 1. The Hall–Kier alpha value is -2.40. The van der Waals surface area contributed by atoms with Gasteiger partial charge in [0.2, 0.25) is 0 Å². The van der Waals surface area contributed by atoms with E-state index in [0.29, 0.717) is 35.3 Å². The average Bonchev–Trinajstić information content (AvgIpc) is 2.61. The highest BCUT2D eigenvalue weighted by Crippen LogP contribution is 2.32. The number of nitrogens with one attached hydrogen (secondary N) is 1. The Kier molecular flexibility index (Phi) is 4.81. The smallest absolute Gasteiger partial charge is 0.251 e. The Morgan fingerprint density at radius 1 is 1.17 bits per heavy atom. The van der Waals surface area contributed by atoms with Gasteiger partial charge in [0.15, 0.2) is 11.5 Å². The second kappa shape index (κ2) is 7.01. The Bertz CT molecular complexity index is 763. The molecule has 1 atom stereocenters. The summed E-state index contributed by atoms with van der Waals surface area (Å²) in [7, 11) is 1.53. The summed E-state index contributed by atoms with van der Waals surface area (Å²) < 4.78 is 16.2. The minimum Gasteiger partial charge on any atom is -0.495 e. The van der Waals surface area contributed by atoms with Crippen LogP contribution in [0.4, 0.5) is 0 Å². The van der Waals surface area contributed by atoms with Gasteiger partial charge in [0.25, 0.3) is 5.91 Å². The molecule has 0 radical (unpaired) electrons. The van der Waals surface area contributed by atoms with Gasteiger partial charge < -0.3 is 19.5 Å². The maximum Gasteiger partial charge on any atom is 0.251 e. The van der Waals surface area contributed by atoms with Gasteiger partial charge in [-0.05, 0) is 42.8 Å². The van der Waals surface area contributed by atoms with Gasteiger partial charge in [0, 0.05) is 5.56 Å². The molecule has 5 nitrogen and oxygen atoms in total. The Morgan fingerprint density at radius 2 is 1.92 bits per heavy atom. The molecule has 1 aliphatic heterocycles. The van der Waals surface area contributed by atoms with Crippen LogP contribution >= 0.6 is 11.6 Å². The molecule has 24 heavy (non-hydrogen) atoms. The largest absolute Gasteiger partial charge is 0.495 e. The molecule has 0 saturated heterocycles. The van der Waals surface area contributed by atoms with Gasteiger partial charge in [-0.2, -0.15) is 0 Å². The predicted octanol–water partition coefficient (Wildman–Crippen LogP) is 3.61. The molecule has 3 rings (SSSR count). The first-order chi connectivity index (χ1) is 11.6. The van der Waals surface area contributed by atoms with Crippen LogP contribution < -0.4 is 19.5 Å². The molecule has 0 unspecified atom stereocenters. The molecule has 0 aliphatic carbocycles. The summed E-state index contributed by atoms with van der Waals surface area (Å²) in [6.07, 6.45) is 0. The van der Waals surface area contributed by atoms with Crippen LogP contribution in [0.1, 0.15) is 28.9 Å². The summed E-state index contributed by atoms with van der Waals surface area (Å²) in [5.41, 5.74) is 1.41. The van der Waals surface area contributed by atoms with E-state index < -0.39 is 0 Å². The quantitative estimate of drug-likeness (QED) is 0.918. The van der Waals surface area contributed by atoms with Gasteiger partial charge in [-0.1, -0.05) is 17.7 Å². The molecule has 1 N–H and O–H groups in total. The maximum absolute atomic E-state index is 12.4. The highest BCUT2D eigenvalue weighted by Gasteiger charge is 2.17. The number of ether oxygens (including phenoxy) is 3. The number of carbonyl (C=O) groups excluding carboxylic acids is 1. The van der Waals surface area contributed by atoms with E-state index in [-0.39, 0.29) is 11.9 Å². The fourth-order valence-corrected chi connectivity index (χ4v) is 2.76. The molecule has 0 aromatic heterocycles. The van der Waals surface area contributed by atoms with E-state index in [1.807, 2.05) is 25.1 Å².